The number of nitrogens with one attached hydrogen (secondary N) is 1. The van der Waals surface area contributed by atoms with Crippen LogP contribution in [0.15, 0.2) is 22.8 Å². The van der Waals surface area contributed by atoms with Crippen LogP contribution in [0.3, 0.4) is 0 Å². The first-order valence-corrected chi connectivity index (χ1v) is 6.82. The van der Waals surface area contributed by atoms with Gasteiger partial charge in [0.05, 0.1) is 11.7 Å². The molecule has 2 atom stereocenters. The third kappa shape index (κ3) is 3.87. The van der Waals surface area contributed by atoms with Crippen molar-refractivity contribution in [1.29, 1.82) is 0 Å². The lowest BCUT2D eigenvalue weighted by Gasteiger charge is -2.21. The molecule has 1 aromatic rings. The van der Waals surface area contributed by atoms with Gasteiger partial charge in [-0.05, 0) is 46.9 Å². The van der Waals surface area contributed by atoms with E-state index < -0.39 is 0 Å². The summed E-state index contributed by atoms with van der Waals surface area (Å²) in [6, 6.07) is 4.37. The lowest BCUT2D eigenvalue weighted by Crippen LogP contribution is -2.24. The number of rotatable bonds is 6. The van der Waals surface area contributed by atoms with E-state index in [0.717, 1.165) is 29.1 Å². The standard InChI is InChI=1S/C13H21BrN2/c1-4-10(3)9-12(15-5-2)13-11(14)7-6-8-16-13/h6-8,10,12,15H,4-5,9H2,1-3H3. The summed E-state index contributed by atoms with van der Waals surface area (Å²) in [4.78, 5) is 4.48. The molecule has 1 rings (SSSR count). The van der Waals surface area contributed by atoms with Gasteiger partial charge in [0.2, 0.25) is 0 Å². The maximum atomic E-state index is 4.48. The molecule has 0 aliphatic rings. The molecular weight excluding hydrogens is 264 g/mol. The van der Waals surface area contributed by atoms with Crippen LogP contribution in [0.2, 0.25) is 0 Å². The van der Waals surface area contributed by atoms with Crippen LogP contribution < -0.4 is 5.32 Å². The van der Waals surface area contributed by atoms with Crippen molar-refractivity contribution in [1.82, 2.24) is 10.3 Å². The summed E-state index contributed by atoms with van der Waals surface area (Å²) in [6.45, 7) is 7.65. The SMILES string of the molecule is CCNC(CC(C)CC)c1ncccc1Br. The lowest BCUT2D eigenvalue weighted by atomic mass is 9.97. The second kappa shape index (κ2) is 7.02. The van der Waals surface area contributed by atoms with Crippen molar-refractivity contribution in [2.24, 2.45) is 5.92 Å². The van der Waals surface area contributed by atoms with E-state index in [4.69, 9.17) is 0 Å². The van der Waals surface area contributed by atoms with Gasteiger partial charge in [0.1, 0.15) is 0 Å². The second-order valence-electron chi connectivity index (χ2n) is 4.23. The summed E-state index contributed by atoms with van der Waals surface area (Å²) in [5.41, 5.74) is 1.13. The molecule has 1 aromatic heterocycles. The van der Waals surface area contributed by atoms with Crippen molar-refractivity contribution in [3.8, 4) is 0 Å². The summed E-state index contributed by atoms with van der Waals surface area (Å²) < 4.78 is 1.10. The smallest absolute Gasteiger partial charge is 0.0714 e. The van der Waals surface area contributed by atoms with Gasteiger partial charge < -0.3 is 5.32 Å². The van der Waals surface area contributed by atoms with Crippen LogP contribution in [0, 0.1) is 5.92 Å². The van der Waals surface area contributed by atoms with Crippen LogP contribution in [0.1, 0.15) is 45.3 Å². The molecule has 0 fully saturated rings. The number of aromatic nitrogens is 1. The van der Waals surface area contributed by atoms with Crippen molar-refractivity contribution in [2.45, 2.75) is 39.7 Å². The predicted octanol–water partition coefficient (Wildman–Crippen LogP) is 3.93. The van der Waals surface area contributed by atoms with Crippen LogP contribution in [-0.4, -0.2) is 11.5 Å². The van der Waals surface area contributed by atoms with Gasteiger partial charge in [-0.1, -0.05) is 27.2 Å². The maximum absolute atomic E-state index is 4.48. The van der Waals surface area contributed by atoms with Gasteiger partial charge in [-0.3, -0.25) is 4.98 Å². The number of hydrogen-bond donors (Lipinski definition) is 1. The predicted molar refractivity (Wildman–Crippen MR) is 72.4 cm³/mol. The Balaban J connectivity index is 2.80. The number of pyridine rings is 1. The zero-order chi connectivity index (χ0) is 12.0. The molecule has 16 heavy (non-hydrogen) atoms. The molecule has 0 saturated heterocycles. The second-order valence-corrected chi connectivity index (χ2v) is 5.08. The van der Waals surface area contributed by atoms with Crippen molar-refractivity contribution in [3.05, 3.63) is 28.5 Å². The molecule has 0 aliphatic carbocycles. The zero-order valence-corrected chi connectivity index (χ0v) is 11.9. The van der Waals surface area contributed by atoms with E-state index in [9.17, 15) is 0 Å². The Kier molecular flexibility index (Phi) is 5.99. The fourth-order valence-corrected chi connectivity index (χ4v) is 2.29. The average Bonchev–Trinajstić information content (AvgIpc) is 2.29. The highest BCUT2D eigenvalue weighted by Crippen LogP contribution is 2.26. The monoisotopic (exact) mass is 284 g/mol. The molecule has 0 aromatic carbocycles. The molecular formula is C13H21BrN2. The Morgan fingerprint density at radius 3 is 2.75 bits per heavy atom. The molecule has 0 aliphatic heterocycles. The van der Waals surface area contributed by atoms with Gasteiger partial charge in [0, 0.05) is 10.7 Å². The van der Waals surface area contributed by atoms with Crippen molar-refractivity contribution in [3.63, 3.8) is 0 Å². The van der Waals surface area contributed by atoms with Gasteiger partial charge in [-0.2, -0.15) is 0 Å². The highest BCUT2D eigenvalue weighted by molar-refractivity contribution is 9.10. The minimum atomic E-state index is 0.357. The molecule has 1 heterocycles. The van der Waals surface area contributed by atoms with Crippen molar-refractivity contribution < 1.29 is 0 Å². The van der Waals surface area contributed by atoms with E-state index in [-0.39, 0.29) is 0 Å². The summed E-state index contributed by atoms with van der Waals surface area (Å²) in [5, 5.41) is 3.51. The fraction of sp³-hybridized carbons (Fsp3) is 0.615. The zero-order valence-electron chi connectivity index (χ0n) is 10.3. The van der Waals surface area contributed by atoms with Gasteiger partial charge in [-0.15, -0.1) is 0 Å². The molecule has 90 valence electrons. The fourth-order valence-electron chi connectivity index (χ4n) is 1.76. The quantitative estimate of drug-likeness (QED) is 0.856. The molecule has 0 radical (unpaired) electrons. The van der Waals surface area contributed by atoms with Gasteiger partial charge in [-0.25, -0.2) is 0 Å². The van der Waals surface area contributed by atoms with E-state index in [1.807, 2.05) is 12.3 Å². The van der Waals surface area contributed by atoms with E-state index >= 15 is 0 Å². The largest absolute Gasteiger partial charge is 0.309 e. The minimum absolute atomic E-state index is 0.357. The van der Waals surface area contributed by atoms with E-state index in [1.165, 1.54) is 6.42 Å². The first kappa shape index (κ1) is 13.7. The van der Waals surface area contributed by atoms with Crippen LogP contribution in [0.4, 0.5) is 0 Å². The Labute approximate surface area is 107 Å². The molecule has 2 nitrogen and oxygen atoms in total. The van der Waals surface area contributed by atoms with Crippen molar-refractivity contribution >= 4 is 15.9 Å². The lowest BCUT2D eigenvalue weighted by molar-refractivity contribution is 0.401. The van der Waals surface area contributed by atoms with E-state index in [0.29, 0.717) is 6.04 Å². The van der Waals surface area contributed by atoms with Crippen LogP contribution >= 0.6 is 15.9 Å². The van der Waals surface area contributed by atoms with Crippen LogP contribution in [-0.2, 0) is 0 Å². The summed E-state index contributed by atoms with van der Waals surface area (Å²) in [6.07, 6.45) is 4.22. The summed E-state index contributed by atoms with van der Waals surface area (Å²) in [7, 11) is 0. The van der Waals surface area contributed by atoms with E-state index in [2.05, 4.69) is 53.1 Å². The molecule has 0 spiro atoms. The van der Waals surface area contributed by atoms with E-state index in [1.54, 1.807) is 0 Å². The Morgan fingerprint density at radius 1 is 1.44 bits per heavy atom. The normalized spacial score (nSPS) is 14.8. The Morgan fingerprint density at radius 2 is 2.19 bits per heavy atom. The third-order valence-electron chi connectivity index (χ3n) is 2.90. The minimum Gasteiger partial charge on any atom is -0.309 e. The highest BCUT2D eigenvalue weighted by atomic mass is 79.9. The molecule has 0 amide bonds. The Bertz CT molecular complexity index is 315. The van der Waals surface area contributed by atoms with Gasteiger partial charge in [0.25, 0.3) is 0 Å². The number of halogens is 1. The molecule has 2 unspecified atom stereocenters. The molecule has 3 heteroatoms. The number of hydrogen-bond acceptors (Lipinski definition) is 2. The van der Waals surface area contributed by atoms with Gasteiger partial charge in [0.15, 0.2) is 0 Å². The topological polar surface area (TPSA) is 24.9 Å². The molecule has 0 bridgehead atoms. The average molecular weight is 285 g/mol. The maximum Gasteiger partial charge on any atom is 0.0714 e. The number of nitrogens with zero attached hydrogens (tertiary/aromatic N) is 1. The van der Waals surface area contributed by atoms with Crippen LogP contribution in [0.5, 0.6) is 0 Å². The summed E-state index contributed by atoms with van der Waals surface area (Å²) in [5.74, 6) is 0.720. The molecule has 0 saturated carbocycles. The van der Waals surface area contributed by atoms with Crippen LogP contribution in [0.25, 0.3) is 0 Å². The first-order chi connectivity index (χ1) is 7.69. The Hall–Kier alpha value is -0.410. The van der Waals surface area contributed by atoms with Crippen molar-refractivity contribution in [2.75, 3.05) is 6.54 Å². The molecule has 1 N–H and O–H groups in total. The third-order valence-corrected chi connectivity index (χ3v) is 3.57. The summed E-state index contributed by atoms with van der Waals surface area (Å²) >= 11 is 3.58. The first-order valence-electron chi connectivity index (χ1n) is 6.02. The van der Waals surface area contributed by atoms with Gasteiger partial charge >= 0.3 is 0 Å². The highest BCUT2D eigenvalue weighted by Gasteiger charge is 2.16.